The van der Waals surface area contributed by atoms with Crippen molar-refractivity contribution < 1.29 is 23.8 Å². The van der Waals surface area contributed by atoms with Crippen molar-refractivity contribution in [3.8, 4) is 23.3 Å². The smallest absolute Gasteiger partial charge is 0.244 e. The number of halogens is 1. The number of hydrogen-bond donors (Lipinski definition) is 1. The van der Waals surface area contributed by atoms with Crippen molar-refractivity contribution in [3.05, 3.63) is 52.5 Å². The van der Waals surface area contributed by atoms with Crippen LogP contribution in [0.25, 0.3) is 0 Å². The van der Waals surface area contributed by atoms with Crippen LogP contribution in [0.4, 0.5) is 0 Å². The lowest BCUT2D eigenvalue weighted by Crippen LogP contribution is -2.47. The maximum absolute atomic E-state index is 13.1. The number of methoxy groups -OCH3 is 3. The molecule has 1 aliphatic heterocycles. The number of carbonyl (C=O) groups is 2. The number of likely N-dealkylation sites (tertiary alicyclic amines) is 1. The lowest BCUT2D eigenvalue weighted by Gasteiger charge is -2.25. The lowest BCUT2D eigenvalue weighted by atomic mass is 10.1. The number of nitrogens with one attached hydrogen (secondary N) is 1. The molecule has 1 aliphatic rings. The van der Waals surface area contributed by atoms with Gasteiger partial charge >= 0.3 is 0 Å². The normalized spacial score (nSPS) is 16.0. The molecule has 1 N–H and O–H groups in total. The van der Waals surface area contributed by atoms with E-state index in [2.05, 4.69) is 11.4 Å². The number of hydrogen-bond acceptors (Lipinski definition) is 6. The highest BCUT2D eigenvalue weighted by Crippen LogP contribution is 2.38. The second-order valence-corrected chi connectivity index (χ2v) is 8.02. The summed E-state index contributed by atoms with van der Waals surface area (Å²) in [5.74, 6) is 0.788. The number of amides is 2. The predicted molar refractivity (Wildman–Crippen MR) is 122 cm³/mol. The monoisotopic (exact) mass is 471 g/mol. The molecule has 1 unspecified atom stereocenters. The first-order chi connectivity index (χ1) is 15.9. The lowest BCUT2D eigenvalue weighted by molar-refractivity contribution is -0.138. The maximum Gasteiger partial charge on any atom is 0.244 e. The highest BCUT2D eigenvalue weighted by molar-refractivity contribution is 6.30. The van der Waals surface area contributed by atoms with Crippen LogP contribution in [-0.2, 0) is 16.0 Å². The van der Waals surface area contributed by atoms with Gasteiger partial charge in [-0.05, 0) is 48.2 Å². The van der Waals surface area contributed by atoms with Gasteiger partial charge in [-0.2, -0.15) is 5.26 Å². The zero-order chi connectivity index (χ0) is 24.0. The van der Waals surface area contributed by atoms with Gasteiger partial charge in [-0.3, -0.25) is 9.59 Å². The summed E-state index contributed by atoms with van der Waals surface area (Å²) < 4.78 is 16.0. The Balaban J connectivity index is 1.74. The molecule has 8 nitrogen and oxygen atoms in total. The molecular formula is C24H26ClN3O5. The standard InChI is InChI=1S/C24H26ClN3O5/c1-31-20-10-15(11-21(32-2)23(20)33-3)12-22(29)28-9-5-8-19(28)24(30)27-18(14-26)16-6-4-7-17(25)13-16/h4,6-7,10-11,13,18-19H,5,8-9,12H2,1-3H3,(H,27,30)/t18?,19-/m0/s1. The van der Waals surface area contributed by atoms with Gasteiger partial charge in [0.2, 0.25) is 17.6 Å². The van der Waals surface area contributed by atoms with E-state index in [4.69, 9.17) is 25.8 Å². The molecule has 9 heteroatoms. The first kappa shape index (κ1) is 24.2. The van der Waals surface area contributed by atoms with E-state index >= 15 is 0 Å². The summed E-state index contributed by atoms with van der Waals surface area (Å²) in [6, 6.07) is 10.8. The molecule has 0 aliphatic carbocycles. The van der Waals surface area contributed by atoms with E-state index in [0.717, 1.165) is 0 Å². The van der Waals surface area contributed by atoms with Crippen LogP contribution in [0, 0.1) is 11.3 Å². The van der Waals surface area contributed by atoms with Crippen LogP contribution in [0.5, 0.6) is 17.2 Å². The molecule has 2 aromatic rings. The fourth-order valence-electron chi connectivity index (χ4n) is 3.97. The summed E-state index contributed by atoms with van der Waals surface area (Å²) in [4.78, 5) is 27.6. The van der Waals surface area contributed by atoms with Crippen LogP contribution in [0.2, 0.25) is 5.02 Å². The van der Waals surface area contributed by atoms with Crippen molar-refractivity contribution in [2.75, 3.05) is 27.9 Å². The Hall–Kier alpha value is -3.44. The first-order valence-electron chi connectivity index (χ1n) is 10.5. The fourth-order valence-corrected chi connectivity index (χ4v) is 4.16. The molecular weight excluding hydrogens is 446 g/mol. The van der Waals surface area contributed by atoms with Gasteiger partial charge in [0.15, 0.2) is 11.5 Å². The van der Waals surface area contributed by atoms with E-state index in [-0.39, 0.29) is 18.2 Å². The van der Waals surface area contributed by atoms with Crippen molar-refractivity contribution >= 4 is 23.4 Å². The fraction of sp³-hybridized carbons (Fsp3) is 0.375. The predicted octanol–water partition coefficient (Wildman–Crippen LogP) is 3.28. The van der Waals surface area contributed by atoms with Crippen LogP contribution in [0.1, 0.15) is 30.0 Å². The second kappa shape index (κ2) is 10.9. The molecule has 2 aromatic carbocycles. The Labute approximate surface area is 198 Å². The highest BCUT2D eigenvalue weighted by atomic mass is 35.5. The number of carbonyl (C=O) groups excluding carboxylic acids is 2. The van der Waals surface area contributed by atoms with Gasteiger partial charge in [0.1, 0.15) is 12.1 Å². The van der Waals surface area contributed by atoms with Gasteiger partial charge in [0, 0.05) is 11.6 Å². The van der Waals surface area contributed by atoms with Gasteiger partial charge in [-0.15, -0.1) is 0 Å². The molecule has 33 heavy (non-hydrogen) atoms. The Morgan fingerprint density at radius 1 is 1.18 bits per heavy atom. The second-order valence-electron chi connectivity index (χ2n) is 7.58. The zero-order valence-electron chi connectivity index (χ0n) is 18.8. The molecule has 0 saturated carbocycles. The van der Waals surface area contributed by atoms with E-state index in [1.165, 1.54) is 21.3 Å². The highest BCUT2D eigenvalue weighted by Gasteiger charge is 2.35. The van der Waals surface area contributed by atoms with Crippen LogP contribution in [-0.4, -0.2) is 50.6 Å². The molecule has 2 amide bonds. The third-order valence-corrected chi connectivity index (χ3v) is 5.79. The molecule has 174 valence electrons. The van der Waals surface area contributed by atoms with Gasteiger partial charge in [0.25, 0.3) is 0 Å². The largest absolute Gasteiger partial charge is 0.493 e. The van der Waals surface area contributed by atoms with Crippen LogP contribution >= 0.6 is 11.6 Å². The van der Waals surface area contributed by atoms with Gasteiger partial charge in [-0.25, -0.2) is 0 Å². The molecule has 1 saturated heterocycles. The van der Waals surface area contributed by atoms with E-state index in [1.807, 2.05) is 0 Å². The minimum atomic E-state index is -0.858. The Morgan fingerprint density at radius 3 is 2.45 bits per heavy atom. The zero-order valence-corrected chi connectivity index (χ0v) is 19.5. The quantitative estimate of drug-likeness (QED) is 0.634. The molecule has 0 spiro atoms. The van der Waals surface area contributed by atoms with Gasteiger partial charge < -0.3 is 24.4 Å². The molecule has 0 aromatic heterocycles. The minimum Gasteiger partial charge on any atom is -0.493 e. The van der Waals surface area contributed by atoms with Gasteiger partial charge in [0.05, 0.1) is 33.8 Å². The Bertz CT molecular complexity index is 1040. The van der Waals surface area contributed by atoms with Crippen molar-refractivity contribution in [2.45, 2.75) is 31.3 Å². The number of benzene rings is 2. The average Bonchev–Trinajstić information content (AvgIpc) is 3.32. The molecule has 2 atom stereocenters. The summed E-state index contributed by atoms with van der Waals surface area (Å²) in [5.41, 5.74) is 1.26. The van der Waals surface area contributed by atoms with Crippen LogP contribution < -0.4 is 19.5 Å². The summed E-state index contributed by atoms with van der Waals surface area (Å²) in [7, 11) is 4.53. The third kappa shape index (κ3) is 5.49. The topological polar surface area (TPSA) is 101 Å². The summed E-state index contributed by atoms with van der Waals surface area (Å²) >= 11 is 6.01. The van der Waals surface area contributed by atoms with Gasteiger partial charge in [-0.1, -0.05) is 23.7 Å². The SMILES string of the molecule is COc1cc(CC(=O)N2CCC[C@H]2C(=O)NC(C#N)c2cccc(Cl)c2)cc(OC)c1OC. The molecule has 0 radical (unpaired) electrons. The molecule has 1 heterocycles. The van der Waals surface area contributed by atoms with E-state index in [1.54, 1.807) is 41.3 Å². The van der Waals surface area contributed by atoms with E-state index in [9.17, 15) is 14.9 Å². The van der Waals surface area contributed by atoms with Crippen molar-refractivity contribution in [3.63, 3.8) is 0 Å². The van der Waals surface area contributed by atoms with E-state index in [0.29, 0.717) is 52.8 Å². The Morgan fingerprint density at radius 2 is 1.88 bits per heavy atom. The first-order valence-corrected chi connectivity index (χ1v) is 10.8. The minimum absolute atomic E-state index is 0.0659. The van der Waals surface area contributed by atoms with Crippen LogP contribution in [0.3, 0.4) is 0 Å². The summed E-state index contributed by atoms with van der Waals surface area (Å²) in [6.07, 6.45) is 1.30. The average molecular weight is 472 g/mol. The number of rotatable bonds is 8. The van der Waals surface area contributed by atoms with E-state index < -0.39 is 12.1 Å². The number of nitrogens with zero attached hydrogens (tertiary/aromatic N) is 2. The molecule has 1 fully saturated rings. The van der Waals surface area contributed by atoms with Crippen molar-refractivity contribution in [2.24, 2.45) is 0 Å². The van der Waals surface area contributed by atoms with Crippen LogP contribution in [0.15, 0.2) is 36.4 Å². The summed E-state index contributed by atoms with van der Waals surface area (Å²) in [5, 5.41) is 12.8. The number of nitriles is 1. The van der Waals surface area contributed by atoms with Crippen molar-refractivity contribution in [1.82, 2.24) is 10.2 Å². The number of ether oxygens (including phenoxy) is 3. The maximum atomic E-state index is 13.1. The summed E-state index contributed by atoms with van der Waals surface area (Å²) in [6.45, 7) is 0.468. The third-order valence-electron chi connectivity index (χ3n) is 5.55. The molecule has 0 bridgehead atoms. The Kier molecular flexibility index (Phi) is 8.01. The molecule has 3 rings (SSSR count). The van der Waals surface area contributed by atoms with Crippen molar-refractivity contribution in [1.29, 1.82) is 5.26 Å².